The van der Waals surface area contributed by atoms with Gasteiger partial charge in [0.15, 0.2) is 0 Å². The number of rotatable bonds is 8. The number of primary amides is 1. The number of nitrogens with two attached hydrogens (primary N) is 1. The minimum absolute atomic E-state index is 0.0776. The Labute approximate surface area is 125 Å². The largest absolute Gasteiger partial charge is 0.491 e. The summed E-state index contributed by atoms with van der Waals surface area (Å²) >= 11 is 0. The van der Waals surface area contributed by atoms with Crippen LogP contribution < -0.4 is 21.1 Å². The third-order valence-corrected chi connectivity index (χ3v) is 2.66. The second-order valence-electron chi connectivity index (χ2n) is 4.95. The van der Waals surface area contributed by atoms with Crippen LogP contribution in [0.2, 0.25) is 0 Å². The maximum atomic E-state index is 11.6. The number of benzene rings is 1. The van der Waals surface area contributed by atoms with Crippen LogP contribution in [-0.2, 0) is 11.3 Å². The maximum absolute atomic E-state index is 11.6. The molecule has 0 bridgehead atoms. The normalized spacial score (nSPS) is 10.2. The summed E-state index contributed by atoms with van der Waals surface area (Å²) in [5.74, 6) is 0.401. The van der Waals surface area contributed by atoms with E-state index >= 15 is 0 Å². The molecule has 6 heteroatoms. The molecular formula is C15H23N3O3. The fourth-order valence-electron chi connectivity index (χ4n) is 1.72. The van der Waals surface area contributed by atoms with Gasteiger partial charge in [-0.2, -0.15) is 0 Å². The van der Waals surface area contributed by atoms with Gasteiger partial charge in [-0.15, -0.1) is 0 Å². The molecule has 0 radical (unpaired) electrons. The Morgan fingerprint density at radius 3 is 2.62 bits per heavy atom. The summed E-state index contributed by atoms with van der Waals surface area (Å²) in [4.78, 5) is 22.2. The lowest BCUT2D eigenvalue weighted by molar-refractivity contribution is -0.118. The van der Waals surface area contributed by atoms with Crippen molar-refractivity contribution in [3.05, 3.63) is 29.8 Å². The second-order valence-corrected chi connectivity index (χ2v) is 4.95. The van der Waals surface area contributed by atoms with Gasteiger partial charge < -0.3 is 21.1 Å². The number of hydrogen-bond acceptors (Lipinski definition) is 3. The molecule has 3 amide bonds. The van der Waals surface area contributed by atoms with E-state index in [9.17, 15) is 9.59 Å². The van der Waals surface area contributed by atoms with Crippen molar-refractivity contribution in [3.8, 4) is 5.75 Å². The van der Waals surface area contributed by atoms with Gasteiger partial charge in [0.2, 0.25) is 5.91 Å². The van der Waals surface area contributed by atoms with Gasteiger partial charge in [0.1, 0.15) is 5.75 Å². The minimum atomic E-state index is -0.364. The topological polar surface area (TPSA) is 93.4 Å². The molecule has 4 N–H and O–H groups in total. The van der Waals surface area contributed by atoms with E-state index in [4.69, 9.17) is 10.5 Å². The molecule has 1 aromatic rings. The molecule has 0 aliphatic carbocycles. The number of hydrogen-bond donors (Lipinski definition) is 3. The van der Waals surface area contributed by atoms with Crippen LogP contribution in [0.15, 0.2) is 24.3 Å². The van der Waals surface area contributed by atoms with E-state index in [0.29, 0.717) is 19.5 Å². The molecule has 0 aromatic heterocycles. The second kappa shape index (κ2) is 8.84. The highest BCUT2D eigenvalue weighted by atomic mass is 16.5. The fraction of sp³-hybridized carbons (Fsp3) is 0.467. The van der Waals surface area contributed by atoms with Crippen molar-refractivity contribution in [2.75, 3.05) is 6.54 Å². The molecule has 0 aliphatic heterocycles. The van der Waals surface area contributed by atoms with Crippen LogP contribution in [-0.4, -0.2) is 24.6 Å². The minimum Gasteiger partial charge on any atom is -0.491 e. The van der Waals surface area contributed by atoms with E-state index in [-0.39, 0.29) is 24.5 Å². The number of nitrogens with one attached hydrogen (secondary N) is 2. The third-order valence-electron chi connectivity index (χ3n) is 2.66. The average molecular weight is 293 g/mol. The molecule has 6 nitrogen and oxygen atoms in total. The van der Waals surface area contributed by atoms with E-state index in [2.05, 4.69) is 10.6 Å². The van der Waals surface area contributed by atoms with E-state index in [1.54, 1.807) is 0 Å². The molecule has 0 saturated heterocycles. The van der Waals surface area contributed by atoms with Crippen molar-refractivity contribution in [1.29, 1.82) is 0 Å². The summed E-state index contributed by atoms with van der Waals surface area (Å²) in [7, 11) is 0. The Morgan fingerprint density at radius 1 is 1.24 bits per heavy atom. The molecule has 0 atom stereocenters. The number of urea groups is 1. The molecule has 0 aliphatic rings. The monoisotopic (exact) mass is 293 g/mol. The maximum Gasteiger partial charge on any atom is 0.315 e. The number of amides is 3. The van der Waals surface area contributed by atoms with Crippen LogP contribution in [0.4, 0.5) is 4.79 Å². The van der Waals surface area contributed by atoms with Gasteiger partial charge in [-0.25, -0.2) is 4.79 Å². The summed E-state index contributed by atoms with van der Waals surface area (Å²) in [6, 6.07) is 7.30. The molecule has 0 unspecified atom stereocenters. The van der Waals surface area contributed by atoms with Crippen LogP contribution >= 0.6 is 0 Å². The van der Waals surface area contributed by atoms with Gasteiger partial charge in [0, 0.05) is 25.1 Å². The molecule has 1 aromatic carbocycles. The van der Waals surface area contributed by atoms with E-state index < -0.39 is 0 Å². The molecule has 0 heterocycles. The van der Waals surface area contributed by atoms with Crippen molar-refractivity contribution in [2.45, 2.75) is 39.3 Å². The standard InChI is InChI=1S/C15H23N3O3/c1-11(2)21-13-7-4-3-6-12(13)10-18-15(20)17-9-5-8-14(16)19/h3-4,6-7,11H,5,8-10H2,1-2H3,(H2,16,19)(H2,17,18,20). The van der Waals surface area contributed by atoms with E-state index in [1.165, 1.54) is 0 Å². The highest BCUT2D eigenvalue weighted by molar-refractivity contribution is 5.75. The van der Waals surface area contributed by atoms with Crippen LogP contribution in [0.3, 0.4) is 0 Å². The Balaban J connectivity index is 2.37. The predicted octanol–water partition coefficient (Wildman–Crippen LogP) is 1.54. The molecule has 0 fully saturated rings. The smallest absolute Gasteiger partial charge is 0.315 e. The Kier molecular flexibility index (Phi) is 7.08. The number of carbonyl (C=O) groups excluding carboxylic acids is 2. The van der Waals surface area contributed by atoms with Gasteiger partial charge in [0.25, 0.3) is 0 Å². The quantitative estimate of drug-likeness (QED) is 0.635. The Bertz CT molecular complexity index is 475. The van der Waals surface area contributed by atoms with E-state index in [0.717, 1.165) is 11.3 Å². The van der Waals surface area contributed by atoms with Crippen LogP contribution in [0.1, 0.15) is 32.3 Å². The van der Waals surface area contributed by atoms with Crippen molar-refractivity contribution in [1.82, 2.24) is 10.6 Å². The lowest BCUT2D eigenvalue weighted by atomic mass is 10.2. The van der Waals surface area contributed by atoms with Crippen LogP contribution in [0, 0.1) is 0 Å². The summed E-state index contributed by atoms with van der Waals surface area (Å²) in [5.41, 5.74) is 5.93. The summed E-state index contributed by atoms with van der Waals surface area (Å²) in [6.45, 7) is 4.70. The van der Waals surface area contributed by atoms with Crippen molar-refractivity contribution >= 4 is 11.9 Å². The van der Waals surface area contributed by atoms with Crippen molar-refractivity contribution in [2.24, 2.45) is 5.73 Å². The lowest BCUT2D eigenvalue weighted by Gasteiger charge is -2.14. The summed E-state index contributed by atoms with van der Waals surface area (Å²) in [5, 5.41) is 5.42. The predicted molar refractivity (Wildman–Crippen MR) is 80.9 cm³/mol. The molecule has 21 heavy (non-hydrogen) atoms. The highest BCUT2D eigenvalue weighted by Gasteiger charge is 2.06. The van der Waals surface area contributed by atoms with Gasteiger partial charge >= 0.3 is 6.03 Å². The third kappa shape index (κ3) is 7.20. The van der Waals surface area contributed by atoms with Gasteiger partial charge in [-0.1, -0.05) is 18.2 Å². The first kappa shape index (κ1) is 16.8. The van der Waals surface area contributed by atoms with E-state index in [1.807, 2.05) is 38.1 Å². The number of ether oxygens (including phenoxy) is 1. The number of carbonyl (C=O) groups is 2. The van der Waals surface area contributed by atoms with Crippen LogP contribution in [0.5, 0.6) is 5.75 Å². The first-order valence-electron chi connectivity index (χ1n) is 7.03. The van der Waals surface area contributed by atoms with Gasteiger partial charge in [-0.05, 0) is 26.3 Å². The molecule has 0 saturated carbocycles. The van der Waals surface area contributed by atoms with Crippen molar-refractivity contribution < 1.29 is 14.3 Å². The lowest BCUT2D eigenvalue weighted by Crippen LogP contribution is -2.36. The molecule has 116 valence electrons. The zero-order valence-electron chi connectivity index (χ0n) is 12.5. The molecule has 0 spiro atoms. The highest BCUT2D eigenvalue weighted by Crippen LogP contribution is 2.18. The molecular weight excluding hydrogens is 270 g/mol. The summed E-state index contributed by atoms with van der Waals surface area (Å²) in [6.07, 6.45) is 0.884. The SMILES string of the molecule is CC(C)Oc1ccccc1CNC(=O)NCCCC(N)=O. The van der Waals surface area contributed by atoms with Gasteiger partial charge in [0.05, 0.1) is 6.10 Å². The van der Waals surface area contributed by atoms with Gasteiger partial charge in [-0.3, -0.25) is 4.79 Å². The average Bonchev–Trinajstić information content (AvgIpc) is 2.42. The molecule has 1 rings (SSSR count). The van der Waals surface area contributed by atoms with Crippen molar-refractivity contribution in [3.63, 3.8) is 0 Å². The Hall–Kier alpha value is -2.24. The zero-order chi connectivity index (χ0) is 15.7. The fourth-order valence-corrected chi connectivity index (χ4v) is 1.72. The Morgan fingerprint density at radius 2 is 1.95 bits per heavy atom. The first-order valence-corrected chi connectivity index (χ1v) is 7.03. The van der Waals surface area contributed by atoms with Crippen LogP contribution in [0.25, 0.3) is 0 Å². The first-order chi connectivity index (χ1) is 9.99. The summed E-state index contributed by atoms with van der Waals surface area (Å²) < 4.78 is 5.68. The number of para-hydroxylation sites is 1. The zero-order valence-corrected chi connectivity index (χ0v) is 12.5.